The second kappa shape index (κ2) is 10.7. The zero-order valence-electron chi connectivity index (χ0n) is 22.1. The second-order valence-electron chi connectivity index (χ2n) is 11.2. The minimum Gasteiger partial charge on any atom is -0.404 e. The Morgan fingerprint density at radius 1 is 0.861 bits per heavy atom. The van der Waals surface area contributed by atoms with Gasteiger partial charge in [0, 0.05) is 29.7 Å². The summed E-state index contributed by atoms with van der Waals surface area (Å²) in [4.78, 5) is 3.33. The van der Waals surface area contributed by atoms with Crippen molar-refractivity contribution in [3.63, 3.8) is 0 Å². The summed E-state index contributed by atoms with van der Waals surface area (Å²) in [5, 5.41) is 6.81. The van der Waals surface area contributed by atoms with E-state index in [-0.39, 0.29) is 24.2 Å². The van der Waals surface area contributed by atoms with Crippen molar-refractivity contribution in [3.05, 3.63) is 96.7 Å². The van der Waals surface area contributed by atoms with E-state index < -0.39 is 14.0 Å². The minimum absolute atomic E-state index is 0.0348. The lowest BCUT2D eigenvalue weighted by Gasteiger charge is -2.44. The number of rotatable bonds is 10. The van der Waals surface area contributed by atoms with E-state index in [0.717, 1.165) is 11.9 Å². The fourth-order valence-electron chi connectivity index (χ4n) is 5.16. The molecule has 4 rings (SSSR count). The molecule has 36 heavy (non-hydrogen) atoms. The fraction of sp³-hybridized carbons (Fsp3) is 0.355. The highest BCUT2D eigenvalue weighted by Crippen LogP contribution is 2.37. The van der Waals surface area contributed by atoms with Gasteiger partial charge in [0.05, 0.1) is 6.61 Å². The zero-order valence-corrected chi connectivity index (χ0v) is 23.1. The Labute approximate surface area is 216 Å². The van der Waals surface area contributed by atoms with E-state index in [1.807, 2.05) is 18.2 Å². The number of halogens is 1. The Bertz CT molecular complexity index is 1210. The third-order valence-corrected chi connectivity index (χ3v) is 12.0. The summed E-state index contributed by atoms with van der Waals surface area (Å²) < 4.78 is 22.8. The topological polar surface area (TPSA) is 37.0 Å². The van der Waals surface area contributed by atoms with Gasteiger partial charge in [-0.2, -0.15) is 0 Å². The largest absolute Gasteiger partial charge is 0.404 e. The molecule has 1 heterocycles. The summed E-state index contributed by atoms with van der Waals surface area (Å²) in [5.41, 5.74) is 0.866. The third kappa shape index (κ3) is 5.64. The molecule has 1 aromatic heterocycles. The van der Waals surface area contributed by atoms with Crippen molar-refractivity contribution in [3.8, 4) is 0 Å². The summed E-state index contributed by atoms with van der Waals surface area (Å²) in [5.74, 6) is 0. The SMILES string of the molecule is CC(Cc1c[nH]c2ccccc12)NCC(C)(F)CO[Si](c1ccccc1)(c1ccccc1)C(C)(C)C. The van der Waals surface area contributed by atoms with Gasteiger partial charge in [0.2, 0.25) is 0 Å². The number of benzene rings is 3. The normalized spacial score (nSPS) is 15.1. The molecule has 0 amide bonds. The van der Waals surface area contributed by atoms with E-state index in [2.05, 4.69) is 111 Å². The van der Waals surface area contributed by atoms with Crippen molar-refractivity contribution in [2.45, 2.75) is 57.8 Å². The molecule has 0 radical (unpaired) electrons. The number of fused-ring (bicyclic) bond motifs is 1. The van der Waals surface area contributed by atoms with Gasteiger partial charge in [0.25, 0.3) is 8.32 Å². The van der Waals surface area contributed by atoms with Crippen molar-refractivity contribution in [2.24, 2.45) is 0 Å². The molecule has 2 unspecified atom stereocenters. The predicted molar refractivity (Wildman–Crippen MR) is 153 cm³/mol. The molecule has 190 valence electrons. The molecule has 4 aromatic rings. The van der Waals surface area contributed by atoms with E-state index in [1.54, 1.807) is 6.92 Å². The van der Waals surface area contributed by atoms with Crippen LogP contribution >= 0.6 is 0 Å². The summed E-state index contributed by atoms with van der Waals surface area (Å²) in [7, 11) is -2.77. The first-order valence-electron chi connectivity index (χ1n) is 12.8. The molecule has 5 heteroatoms. The number of aromatic amines is 1. The van der Waals surface area contributed by atoms with Crippen LogP contribution in [-0.2, 0) is 10.8 Å². The van der Waals surface area contributed by atoms with Crippen LogP contribution in [0.2, 0.25) is 5.04 Å². The lowest BCUT2D eigenvalue weighted by atomic mass is 10.0. The quantitative estimate of drug-likeness (QED) is 0.261. The monoisotopic (exact) mass is 502 g/mol. The Morgan fingerprint density at radius 3 is 2.00 bits per heavy atom. The van der Waals surface area contributed by atoms with Crippen molar-refractivity contribution in [1.29, 1.82) is 0 Å². The molecule has 0 bridgehead atoms. The van der Waals surface area contributed by atoms with Gasteiger partial charge in [-0.05, 0) is 47.3 Å². The molecular weight excluding hydrogens is 463 g/mol. The average molecular weight is 503 g/mol. The maximum Gasteiger partial charge on any atom is 0.261 e. The van der Waals surface area contributed by atoms with E-state index >= 15 is 4.39 Å². The minimum atomic E-state index is -2.77. The number of hydrogen-bond acceptors (Lipinski definition) is 2. The van der Waals surface area contributed by atoms with E-state index in [0.29, 0.717) is 0 Å². The Balaban J connectivity index is 1.49. The van der Waals surface area contributed by atoms with Crippen molar-refractivity contribution in [2.75, 3.05) is 13.2 Å². The highest BCUT2D eigenvalue weighted by Gasteiger charge is 2.51. The van der Waals surface area contributed by atoms with Crippen molar-refractivity contribution in [1.82, 2.24) is 10.3 Å². The van der Waals surface area contributed by atoms with Crippen molar-refractivity contribution >= 4 is 29.6 Å². The molecule has 0 aliphatic rings. The molecule has 2 atom stereocenters. The summed E-state index contributed by atoms with van der Waals surface area (Å²) in [6.07, 6.45) is 2.89. The highest BCUT2D eigenvalue weighted by molar-refractivity contribution is 6.99. The van der Waals surface area contributed by atoms with Crippen LogP contribution in [-0.4, -0.2) is 38.2 Å². The maximum atomic E-state index is 16.0. The first-order valence-corrected chi connectivity index (χ1v) is 14.8. The molecule has 0 aliphatic heterocycles. The lowest BCUT2D eigenvalue weighted by molar-refractivity contribution is 0.0928. The predicted octanol–water partition coefficient (Wildman–Crippen LogP) is 5.99. The molecule has 0 fully saturated rings. The smallest absolute Gasteiger partial charge is 0.261 e. The number of alkyl halides is 1. The van der Waals surface area contributed by atoms with Gasteiger partial charge in [0.1, 0.15) is 5.67 Å². The van der Waals surface area contributed by atoms with E-state index in [9.17, 15) is 0 Å². The number of H-pyrrole nitrogens is 1. The van der Waals surface area contributed by atoms with Crippen LogP contribution in [0.25, 0.3) is 10.9 Å². The van der Waals surface area contributed by atoms with Crippen LogP contribution in [0.15, 0.2) is 91.1 Å². The van der Waals surface area contributed by atoms with Gasteiger partial charge < -0.3 is 14.7 Å². The van der Waals surface area contributed by atoms with E-state index in [1.165, 1.54) is 21.3 Å². The Kier molecular flexibility index (Phi) is 7.84. The number of para-hydroxylation sites is 1. The van der Waals surface area contributed by atoms with Gasteiger partial charge in [-0.3, -0.25) is 0 Å². The number of nitrogens with one attached hydrogen (secondary N) is 2. The van der Waals surface area contributed by atoms with Gasteiger partial charge in [0.15, 0.2) is 0 Å². The Morgan fingerprint density at radius 2 is 1.42 bits per heavy atom. The molecule has 0 spiro atoms. The van der Waals surface area contributed by atoms with Crippen LogP contribution in [0, 0.1) is 0 Å². The molecule has 0 saturated carbocycles. The van der Waals surface area contributed by atoms with Gasteiger partial charge in [-0.15, -0.1) is 0 Å². The molecule has 3 aromatic carbocycles. The first-order chi connectivity index (χ1) is 17.1. The van der Waals surface area contributed by atoms with Gasteiger partial charge in [-0.25, -0.2) is 4.39 Å². The standard InChI is InChI=1S/C31H39FN2OSi/c1-24(20-25-21-33-29-19-13-12-18-28(25)29)34-22-31(5,32)23-35-36(30(2,3)4,26-14-8-6-9-15-26)27-16-10-7-11-17-27/h6-19,21,24,33-34H,20,22-23H2,1-5H3. The number of hydrogen-bond donors (Lipinski definition) is 2. The summed E-state index contributed by atoms with van der Waals surface area (Å²) >= 11 is 0. The molecule has 3 nitrogen and oxygen atoms in total. The van der Waals surface area contributed by atoms with Gasteiger partial charge in [-0.1, -0.05) is 99.6 Å². The first kappa shape index (κ1) is 26.3. The molecule has 0 aliphatic carbocycles. The average Bonchev–Trinajstić information content (AvgIpc) is 3.26. The van der Waals surface area contributed by atoms with Crippen LogP contribution < -0.4 is 15.7 Å². The highest BCUT2D eigenvalue weighted by atomic mass is 28.4. The maximum absolute atomic E-state index is 16.0. The third-order valence-electron chi connectivity index (χ3n) is 7.03. The van der Waals surface area contributed by atoms with Crippen molar-refractivity contribution < 1.29 is 8.82 Å². The van der Waals surface area contributed by atoms with Crippen LogP contribution in [0.1, 0.15) is 40.2 Å². The van der Waals surface area contributed by atoms with Crippen LogP contribution in [0.4, 0.5) is 4.39 Å². The van der Waals surface area contributed by atoms with E-state index in [4.69, 9.17) is 4.43 Å². The van der Waals surface area contributed by atoms with Crippen LogP contribution in [0.5, 0.6) is 0 Å². The number of aromatic nitrogens is 1. The van der Waals surface area contributed by atoms with Gasteiger partial charge >= 0.3 is 0 Å². The molecular formula is C31H39FN2OSi. The molecule has 0 saturated heterocycles. The Hall–Kier alpha value is -2.73. The summed E-state index contributed by atoms with van der Waals surface area (Å²) in [6.45, 7) is 10.7. The fourth-order valence-corrected chi connectivity index (χ4v) is 9.83. The second-order valence-corrected chi connectivity index (χ2v) is 15.5. The summed E-state index contributed by atoms with van der Waals surface area (Å²) in [6, 6.07) is 29.2. The zero-order chi connectivity index (χ0) is 25.8. The molecule has 2 N–H and O–H groups in total. The lowest BCUT2D eigenvalue weighted by Crippen LogP contribution is -2.67. The van der Waals surface area contributed by atoms with Crippen LogP contribution in [0.3, 0.4) is 0 Å².